The highest BCUT2D eigenvalue weighted by Gasteiger charge is 2.26. The third-order valence-electron chi connectivity index (χ3n) is 10.7. The lowest BCUT2D eigenvalue weighted by Gasteiger charge is -2.15. The molecular weight excluding hydrogens is 611 g/mol. The number of benzene rings is 8. The van der Waals surface area contributed by atoms with E-state index in [0.717, 1.165) is 65.9 Å². The van der Waals surface area contributed by atoms with E-state index < -0.39 is 0 Å². The fourth-order valence-corrected chi connectivity index (χ4v) is 8.65. The summed E-state index contributed by atoms with van der Waals surface area (Å²) >= 11 is 0. The van der Waals surface area contributed by atoms with Gasteiger partial charge in [-0.05, 0) is 68.7 Å². The van der Waals surface area contributed by atoms with E-state index >= 15 is 0 Å². The SMILES string of the molecule is c1cc2c3c(cccc3c1)-c1cccc3c1c1c-2cccc1n3-c1nc(-c2cccc3c2oc2ccccc23)c2ccc3ccccc3c2n1. The van der Waals surface area contributed by atoms with Gasteiger partial charge in [-0.15, -0.1) is 0 Å². The van der Waals surface area contributed by atoms with Crippen molar-refractivity contribution < 1.29 is 4.42 Å². The van der Waals surface area contributed by atoms with Gasteiger partial charge in [-0.1, -0.05) is 121 Å². The minimum Gasteiger partial charge on any atom is -0.455 e. The summed E-state index contributed by atoms with van der Waals surface area (Å²) in [5.74, 6) is 0.637. The Labute approximate surface area is 285 Å². The summed E-state index contributed by atoms with van der Waals surface area (Å²) in [5.41, 5.74) is 11.6. The monoisotopic (exact) mass is 635 g/mol. The first-order valence-electron chi connectivity index (χ1n) is 17.0. The molecule has 0 unspecified atom stereocenters. The Morgan fingerprint density at radius 1 is 0.400 bits per heavy atom. The maximum absolute atomic E-state index is 6.59. The zero-order valence-electron chi connectivity index (χ0n) is 26.7. The average Bonchev–Trinajstić information content (AvgIpc) is 3.69. The molecule has 1 aliphatic carbocycles. The van der Waals surface area contributed by atoms with Crippen molar-refractivity contribution in [3.05, 3.63) is 152 Å². The lowest BCUT2D eigenvalue weighted by atomic mass is 9.93. The van der Waals surface area contributed by atoms with E-state index in [2.05, 4.69) is 144 Å². The third kappa shape index (κ3) is 3.30. The molecule has 3 heterocycles. The normalized spacial score (nSPS) is 12.4. The molecule has 0 aliphatic heterocycles. The Kier molecular flexibility index (Phi) is 4.94. The van der Waals surface area contributed by atoms with Crippen molar-refractivity contribution in [3.8, 4) is 39.5 Å². The van der Waals surface area contributed by atoms with Gasteiger partial charge in [0.15, 0.2) is 0 Å². The first kappa shape index (κ1) is 26.2. The third-order valence-corrected chi connectivity index (χ3v) is 10.7. The molecule has 0 amide bonds. The molecule has 0 bridgehead atoms. The van der Waals surface area contributed by atoms with Gasteiger partial charge >= 0.3 is 0 Å². The molecule has 0 fully saturated rings. The predicted octanol–water partition coefficient (Wildman–Crippen LogP) is 12.2. The van der Waals surface area contributed by atoms with Crippen molar-refractivity contribution in [2.75, 3.05) is 0 Å². The second-order valence-electron chi connectivity index (χ2n) is 13.3. The largest absolute Gasteiger partial charge is 0.455 e. The number of hydrogen-bond acceptors (Lipinski definition) is 3. The maximum Gasteiger partial charge on any atom is 0.235 e. The Bertz CT molecular complexity index is 3180. The van der Waals surface area contributed by atoms with Crippen LogP contribution in [0.5, 0.6) is 0 Å². The first-order valence-corrected chi connectivity index (χ1v) is 17.0. The summed E-state index contributed by atoms with van der Waals surface area (Å²) in [6.45, 7) is 0. The van der Waals surface area contributed by atoms with Gasteiger partial charge in [-0.25, -0.2) is 9.97 Å². The van der Waals surface area contributed by atoms with Crippen molar-refractivity contribution in [2.45, 2.75) is 0 Å². The minimum absolute atomic E-state index is 0.637. The molecule has 11 aromatic rings. The van der Waals surface area contributed by atoms with Crippen LogP contribution in [0.3, 0.4) is 0 Å². The first-order chi connectivity index (χ1) is 24.8. The lowest BCUT2D eigenvalue weighted by molar-refractivity contribution is 0.670. The standard InChI is InChI=1S/C46H25N3O/c1-2-13-28-26(10-1)24-25-35-43(28)47-46(48-44(35)36-20-7-19-34-29-14-3-4-23-39(29)50-45(34)36)49-37-21-8-17-32-30-15-5-11-27-12-6-16-31(40(27)30)33-18-9-22-38(49)42(33)41(32)37/h1-25H. The van der Waals surface area contributed by atoms with Gasteiger partial charge in [0.1, 0.15) is 11.2 Å². The summed E-state index contributed by atoms with van der Waals surface area (Å²) in [6.07, 6.45) is 0. The van der Waals surface area contributed by atoms with Gasteiger partial charge in [0.25, 0.3) is 0 Å². The molecular formula is C46H25N3O. The number of fused-ring (bicyclic) bond motifs is 8. The van der Waals surface area contributed by atoms with Gasteiger partial charge in [-0.2, -0.15) is 0 Å². The van der Waals surface area contributed by atoms with Crippen LogP contribution in [0.25, 0.3) is 116 Å². The van der Waals surface area contributed by atoms with Crippen LogP contribution in [-0.4, -0.2) is 14.5 Å². The van der Waals surface area contributed by atoms with Crippen LogP contribution in [-0.2, 0) is 0 Å². The molecule has 4 nitrogen and oxygen atoms in total. The van der Waals surface area contributed by atoms with Crippen molar-refractivity contribution >= 4 is 76.2 Å². The zero-order chi connectivity index (χ0) is 32.5. The Morgan fingerprint density at radius 3 is 1.74 bits per heavy atom. The molecule has 0 saturated carbocycles. The van der Waals surface area contributed by atoms with Gasteiger partial charge in [-0.3, -0.25) is 4.57 Å². The lowest BCUT2D eigenvalue weighted by Crippen LogP contribution is -2.04. The molecule has 1 aliphatic rings. The topological polar surface area (TPSA) is 43.9 Å². The molecule has 0 radical (unpaired) electrons. The highest BCUT2D eigenvalue weighted by atomic mass is 16.3. The van der Waals surface area contributed by atoms with Crippen molar-refractivity contribution in [2.24, 2.45) is 0 Å². The van der Waals surface area contributed by atoms with E-state index in [1.165, 1.54) is 43.8 Å². The van der Waals surface area contributed by atoms with Crippen LogP contribution in [0.15, 0.2) is 156 Å². The van der Waals surface area contributed by atoms with Crippen LogP contribution in [0.2, 0.25) is 0 Å². The van der Waals surface area contributed by atoms with Gasteiger partial charge < -0.3 is 4.42 Å². The van der Waals surface area contributed by atoms with Gasteiger partial charge in [0.05, 0.1) is 22.2 Å². The second-order valence-corrected chi connectivity index (χ2v) is 13.3. The molecule has 230 valence electrons. The number of hydrogen-bond donors (Lipinski definition) is 0. The summed E-state index contributed by atoms with van der Waals surface area (Å²) in [6, 6.07) is 54.1. The molecule has 12 rings (SSSR count). The molecule has 0 saturated heterocycles. The molecule has 8 aromatic carbocycles. The van der Waals surface area contributed by atoms with E-state index in [4.69, 9.17) is 14.4 Å². The van der Waals surface area contributed by atoms with E-state index in [9.17, 15) is 0 Å². The van der Waals surface area contributed by atoms with Crippen LogP contribution in [0.1, 0.15) is 0 Å². The number of nitrogens with zero attached hydrogens (tertiary/aromatic N) is 3. The second kappa shape index (κ2) is 9.43. The summed E-state index contributed by atoms with van der Waals surface area (Å²) < 4.78 is 8.87. The number of para-hydroxylation sites is 2. The summed E-state index contributed by atoms with van der Waals surface area (Å²) in [4.78, 5) is 11.0. The number of rotatable bonds is 2. The average molecular weight is 636 g/mol. The number of furan rings is 1. The minimum atomic E-state index is 0.637. The van der Waals surface area contributed by atoms with Crippen LogP contribution in [0, 0.1) is 0 Å². The molecule has 50 heavy (non-hydrogen) atoms. The fourth-order valence-electron chi connectivity index (χ4n) is 8.65. The van der Waals surface area contributed by atoms with Crippen LogP contribution in [0.4, 0.5) is 0 Å². The van der Waals surface area contributed by atoms with E-state index in [-0.39, 0.29) is 0 Å². The van der Waals surface area contributed by atoms with Gasteiger partial charge in [0, 0.05) is 37.9 Å². The molecule has 0 spiro atoms. The fraction of sp³-hybridized carbons (Fsp3) is 0. The predicted molar refractivity (Wildman–Crippen MR) is 206 cm³/mol. The number of aromatic nitrogens is 3. The van der Waals surface area contributed by atoms with Crippen LogP contribution >= 0.6 is 0 Å². The van der Waals surface area contributed by atoms with Crippen molar-refractivity contribution in [3.63, 3.8) is 0 Å². The highest BCUT2D eigenvalue weighted by Crippen LogP contribution is 2.49. The zero-order valence-corrected chi connectivity index (χ0v) is 26.7. The van der Waals surface area contributed by atoms with E-state index in [0.29, 0.717) is 5.95 Å². The van der Waals surface area contributed by atoms with E-state index in [1.54, 1.807) is 0 Å². The Balaban J connectivity index is 1.25. The van der Waals surface area contributed by atoms with E-state index in [1.807, 2.05) is 12.1 Å². The summed E-state index contributed by atoms with van der Waals surface area (Å²) in [7, 11) is 0. The quantitative estimate of drug-likeness (QED) is 0.178. The Hall–Kier alpha value is -6.78. The van der Waals surface area contributed by atoms with Crippen LogP contribution < -0.4 is 0 Å². The van der Waals surface area contributed by atoms with Crippen molar-refractivity contribution in [1.82, 2.24) is 14.5 Å². The highest BCUT2D eigenvalue weighted by molar-refractivity contribution is 6.27. The van der Waals surface area contributed by atoms with Gasteiger partial charge in [0.2, 0.25) is 5.95 Å². The molecule has 0 N–H and O–H groups in total. The molecule has 3 aromatic heterocycles. The summed E-state index contributed by atoms with van der Waals surface area (Å²) in [5, 5.41) is 10.4. The Morgan fingerprint density at radius 2 is 0.980 bits per heavy atom. The smallest absolute Gasteiger partial charge is 0.235 e. The maximum atomic E-state index is 6.59. The molecule has 4 heteroatoms. The van der Waals surface area contributed by atoms with Crippen molar-refractivity contribution in [1.29, 1.82) is 0 Å². The molecule has 0 atom stereocenters.